The molecule has 0 saturated carbocycles. The van der Waals surface area contributed by atoms with Crippen molar-refractivity contribution in [3.05, 3.63) is 35.9 Å². The lowest BCUT2D eigenvalue weighted by molar-refractivity contribution is 0.558. The van der Waals surface area contributed by atoms with Crippen LogP contribution in [0.1, 0.15) is 37.8 Å². The highest BCUT2D eigenvalue weighted by Crippen LogP contribution is 2.21. The van der Waals surface area contributed by atoms with E-state index in [0.29, 0.717) is 6.04 Å². The first-order valence-electron chi connectivity index (χ1n) is 6.35. The minimum Gasteiger partial charge on any atom is -0.331 e. The molecule has 0 bridgehead atoms. The quantitative estimate of drug-likeness (QED) is 0.723. The zero-order valence-corrected chi connectivity index (χ0v) is 12.1. The minimum atomic E-state index is -1.20. The molecule has 1 rings (SSSR count). The van der Waals surface area contributed by atoms with Crippen LogP contribution in [-0.4, -0.2) is 8.24 Å². The van der Waals surface area contributed by atoms with Crippen molar-refractivity contribution in [3.8, 4) is 0 Å². The molecule has 16 heavy (non-hydrogen) atoms. The average molecular weight is 235 g/mol. The molecule has 90 valence electrons. The Bertz CT molecular complexity index is 289. The zero-order chi connectivity index (χ0) is 12.0. The van der Waals surface area contributed by atoms with Crippen molar-refractivity contribution in [3.63, 3.8) is 0 Å². The SMILES string of the molecule is CCCCC(N[Si](C)(C)C)c1ccccc1. The van der Waals surface area contributed by atoms with Crippen LogP contribution in [0.2, 0.25) is 19.6 Å². The van der Waals surface area contributed by atoms with Gasteiger partial charge in [-0.05, 0) is 12.0 Å². The standard InChI is InChI=1S/C14H25NSi/c1-5-6-12-14(15-16(2,3)4)13-10-8-7-9-11-13/h7-11,14-15H,5-6,12H2,1-4H3. The van der Waals surface area contributed by atoms with E-state index in [-0.39, 0.29) is 0 Å². The van der Waals surface area contributed by atoms with Crippen molar-refractivity contribution in [1.82, 2.24) is 4.98 Å². The Morgan fingerprint density at radius 3 is 2.25 bits per heavy atom. The lowest BCUT2D eigenvalue weighted by Crippen LogP contribution is -2.43. The molecule has 1 aromatic carbocycles. The molecule has 0 radical (unpaired) electrons. The van der Waals surface area contributed by atoms with E-state index < -0.39 is 8.24 Å². The molecule has 1 N–H and O–H groups in total. The van der Waals surface area contributed by atoms with Crippen molar-refractivity contribution < 1.29 is 0 Å². The Kier molecular flexibility index (Phi) is 5.23. The molecular weight excluding hydrogens is 210 g/mol. The topological polar surface area (TPSA) is 12.0 Å². The van der Waals surface area contributed by atoms with Gasteiger partial charge in [0, 0.05) is 6.04 Å². The van der Waals surface area contributed by atoms with Crippen molar-refractivity contribution in [2.45, 2.75) is 51.9 Å². The molecule has 1 aromatic rings. The van der Waals surface area contributed by atoms with Gasteiger partial charge in [-0.25, -0.2) is 0 Å². The van der Waals surface area contributed by atoms with Gasteiger partial charge < -0.3 is 4.98 Å². The molecule has 0 aromatic heterocycles. The molecule has 0 spiro atoms. The van der Waals surface area contributed by atoms with Crippen molar-refractivity contribution >= 4 is 8.24 Å². The molecule has 0 saturated heterocycles. The molecule has 0 aliphatic heterocycles. The largest absolute Gasteiger partial charge is 0.331 e. The molecule has 0 aliphatic carbocycles. The van der Waals surface area contributed by atoms with Gasteiger partial charge >= 0.3 is 0 Å². The Morgan fingerprint density at radius 1 is 1.12 bits per heavy atom. The molecule has 0 amide bonds. The molecule has 1 unspecified atom stereocenters. The Morgan fingerprint density at radius 2 is 1.75 bits per heavy atom. The predicted octanol–water partition coefficient (Wildman–Crippen LogP) is 4.34. The fraction of sp³-hybridized carbons (Fsp3) is 0.571. The highest BCUT2D eigenvalue weighted by atomic mass is 28.3. The third kappa shape index (κ3) is 4.95. The van der Waals surface area contributed by atoms with Crippen molar-refractivity contribution in [2.24, 2.45) is 0 Å². The monoisotopic (exact) mass is 235 g/mol. The first kappa shape index (κ1) is 13.5. The van der Waals surface area contributed by atoms with Gasteiger partial charge in [-0.1, -0.05) is 69.7 Å². The maximum Gasteiger partial charge on any atom is 0.116 e. The van der Waals surface area contributed by atoms with Gasteiger partial charge in [0.05, 0.1) is 0 Å². The van der Waals surface area contributed by atoms with Gasteiger partial charge in [0.25, 0.3) is 0 Å². The van der Waals surface area contributed by atoms with Crippen LogP contribution in [0.4, 0.5) is 0 Å². The second kappa shape index (κ2) is 6.21. The van der Waals surface area contributed by atoms with E-state index in [1.54, 1.807) is 0 Å². The van der Waals surface area contributed by atoms with Crippen LogP contribution >= 0.6 is 0 Å². The van der Waals surface area contributed by atoms with E-state index >= 15 is 0 Å². The fourth-order valence-electron chi connectivity index (χ4n) is 1.94. The molecular formula is C14H25NSi. The summed E-state index contributed by atoms with van der Waals surface area (Å²) in [6.07, 6.45) is 3.83. The van der Waals surface area contributed by atoms with E-state index in [2.05, 4.69) is 61.9 Å². The Balaban J connectivity index is 2.71. The van der Waals surface area contributed by atoms with Gasteiger partial charge in [0.15, 0.2) is 0 Å². The second-order valence-electron chi connectivity index (χ2n) is 5.50. The summed E-state index contributed by atoms with van der Waals surface area (Å²) in [6.45, 7) is 9.37. The van der Waals surface area contributed by atoms with Crippen LogP contribution in [-0.2, 0) is 0 Å². The summed E-state index contributed by atoms with van der Waals surface area (Å²) in [5.74, 6) is 0. The molecule has 0 aliphatic rings. The first-order valence-corrected chi connectivity index (χ1v) is 9.85. The summed E-state index contributed by atoms with van der Waals surface area (Å²) in [6, 6.07) is 11.4. The van der Waals surface area contributed by atoms with E-state index in [9.17, 15) is 0 Å². The molecule has 0 heterocycles. The van der Waals surface area contributed by atoms with Gasteiger partial charge in [0.2, 0.25) is 0 Å². The van der Waals surface area contributed by atoms with Gasteiger partial charge in [-0.3, -0.25) is 0 Å². The van der Waals surface area contributed by atoms with Crippen molar-refractivity contribution in [1.29, 1.82) is 0 Å². The first-order chi connectivity index (χ1) is 7.53. The summed E-state index contributed by atoms with van der Waals surface area (Å²) >= 11 is 0. The molecule has 0 fully saturated rings. The van der Waals surface area contributed by atoms with Crippen LogP contribution in [0.15, 0.2) is 30.3 Å². The van der Waals surface area contributed by atoms with Gasteiger partial charge in [0.1, 0.15) is 8.24 Å². The fourth-order valence-corrected chi connectivity index (χ4v) is 3.29. The number of hydrogen-bond donors (Lipinski definition) is 1. The predicted molar refractivity (Wildman–Crippen MR) is 75.2 cm³/mol. The highest BCUT2D eigenvalue weighted by Gasteiger charge is 2.19. The van der Waals surface area contributed by atoms with Gasteiger partial charge in [-0.2, -0.15) is 0 Å². The van der Waals surface area contributed by atoms with E-state index in [1.807, 2.05) is 0 Å². The van der Waals surface area contributed by atoms with Crippen LogP contribution in [0.5, 0.6) is 0 Å². The average Bonchev–Trinajstić information content (AvgIpc) is 2.24. The number of unbranched alkanes of at least 4 members (excludes halogenated alkanes) is 1. The van der Waals surface area contributed by atoms with Crippen LogP contribution in [0.3, 0.4) is 0 Å². The van der Waals surface area contributed by atoms with E-state index in [4.69, 9.17) is 0 Å². The lowest BCUT2D eigenvalue weighted by atomic mass is 10.0. The summed E-state index contributed by atoms with van der Waals surface area (Å²) in [4.78, 5) is 3.85. The van der Waals surface area contributed by atoms with Crippen LogP contribution in [0, 0.1) is 0 Å². The third-order valence-corrected chi connectivity index (χ3v) is 3.87. The Labute approximate surface area is 101 Å². The van der Waals surface area contributed by atoms with Gasteiger partial charge in [-0.15, -0.1) is 0 Å². The lowest BCUT2D eigenvalue weighted by Gasteiger charge is -2.27. The van der Waals surface area contributed by atoms with E-state index in [0.717, 1.165) is 0 Å². The summed E-state index contributed by atoms with van der Waals surface area (Å²) in [5, 5.41) is 0. The number of nitrogens with one attached hydrogen (secondary N) is 1. The van der Waals surface area contributed by atoms with Crippen LogP contribution < -0.4 is 4.98 Å². The normalized spacial score (nSPS) is 13.8. The zero-order valence-electron chi connectivity index (χ0n) is 11.1. The highest BCUT2D eigenvalue weighted by molar-refractivity contribution is 6.73. The van der Waals surface area contributed by atoms with E-state index in [1.165, 1.54) is 24.8 Å². The number of rotatable bonds is 6. The summed E-state index contributed by atoms with van der Waals surface area (Å²) in [5.41, 5.74) is 1.44. The number of benzene rings is 1. The minimum absolute atomic E-state index is 0.549. The van der Waals surface area contributed by atoms with Crippen LogP contribution in [0.25, 0.3) is 0 Å². The molecule has 2 heteroatoms. The maximum absolute atomic E-state index is 3.85. The smallest absolute Gasteiger partial charge is 0.116 e. The summed E-state index contributed by atoms with van der Waals surface area (Å²) < 4.78 is 0. The molecule has 1 atom stereocenters. The maximum atomic E-state index is 3.85. The Hall–Kier alpha value is -0.603. The molecule has 1 nitrogen and oxygen atoms in total. The third-order valence-electron chi connectivity index (χ3n) is 2.66. The van der Waals surface area contributed by atoms with Crippen molar-refractivity contribution in [2.75, 3.05) is 0 Å². The summed E-state index contributed by atoms with van der Waals surface area (Å²) in [7, 11) is -1.20. The number of hydrogen-bond acceptors (Lipinski definition) is 1. The second-order valence-corrected chi connectivity index (χ2v) is 10.3.